The lowest BCUT2D eigenvalue weighted by atomic mass is 9.95. The molecule has 2 rings (SSSR count). The largest absolute Gasteiger partial charge is 0.382 e. The van der Waals surface area contributed by atoms with Gasteiger partial charge in [-0.25, -0.2) is 4.39 Å². The van der Waals surface area contributed by atoms with E-state index in [0.29, 0.717) is 12.5 Å². The lowest BCUT2D eigenvalue weighted by molar-refractivity contribution is -0.0160. The molecule has 4 nitrogen and oxygen atoms in total. The summed E-state index contributed by atoms with van der Waals surface area (Å²) in [6.45, 7) is 4.98. The van der Waals surface area contributed by atoms with Gasteiger partial charge in [-0.3, -0.25) is 4.79 Å². The highest BCUT2D eigenvalue weighted by Crippen LogP contribution is 2.24. The van der Waals surface area contributed by atoms with Gasteiger partial charge in [0.1, 0.15) is 5.82 Å². The molecule has 1 heterocycles. The molecule has 20 heavy (non-hydrogen) atoms. The number of halogens is 1. The third-order valence-corrected chi connectivity index (χ3v) is 3.66. The Bertz CT molecular complexity index is 491. The summed E-state index contributed by atoms with van der Waals surface area (Å²) in [5.41, 5.74) is 5.79. The van der Waals surface area contributed by atoms with Gasteiger partial charge in [-0.2, -0.15) is 0 Å². The van der Waals surface area contributed by atoms with E-state index < -0.39 is 11.7 Å². The number of nitrogens with two attached hydrogens (primary N) is 1. The van der Waals surface area contributed by atoms with E-state index in [1.165, 1.54) is 12.1 Å². The van der Waals surface area contributed by atoms with Crippen molar-refractivity contribution in [3.8, 4) is 0 Å². The Kier molecular flexibility index (Phi) is 4.60. The molecule has 1 amide bonds. The number of carbonyl (C=O) groups excluding carboxylic acids is 1. The van der Waals surface area contributed by atoms with Crippen molar-refractivity contribution in [2.24, 2.45) is 11.7 Å². The molecule has 5 heteroatoms. The minimum absolute atomic E-state index is 0.0810. The molecular weight excluding hydrogens is 259 g/mol. The van der Waals surface area contributed by atoms with Gasteiger partial charge in [0.15, 0.2) is 0 Å². The molecule has 0 saturated carbocycles. The summed E-state index contributed by atoms with van der Waals surface area (Å²) >= 11 is 0. The van der Waals surface area contributed by atoms with Crippen LogP contribution in [0.25, 0.3) is 0 Å². The van der Waals surface area contributed by atoms with Crippen LogP contribution in [0.3, 0.4) is 0 Å². The van der Waals surface area contributed by atoms with Crippen LogP contribution in [0.5, 0.6) is 0 Å². The van der Waals surface area contributed by atoms with Crippen LogP contribution >= 0.6 is 0 Å². The number of benzene rings is 1. The van der Waals surface area contributed by atoms with Gasteiger partial charge in [0.25, 0.3) is 5.91 Å². The van der Waals surface area contributed by atoms with Gasteiger partial charge in [-0.05, 0) is 37.0 Å². The lowest BCUT2D eigenvalue weighted by Gasteiger charge is -2.33. The Morgan fingerprint density at radius 2 is 2.25 bits per heavy atom. The number of nitrogens with one attached hydrogen (secondary N) is 1. The Balaban J connectivity index is 2.06. The van der Waals surface area contributed by atoms with Crippen LogP contribution in [0.4, 0.5) is 10.1 Å². The molecule has 3 N–H and O–H groups in total. The van der Waals surface area contributed by atoms with Gasteiger partial charge in [0, 0.05) is 18.3 Å². The first-order valence-corrected chi connectivity index (χ1v) is 6.95. The van der Waals surface area contributed by atoms with Crippen molar-refractivity contribution in [1.29, 1.82) is 0 Å². The van der Waals surface area contributed by atoms with Crippen molar-refractivity contribution in [3.05, 3.63) is 29.6 Å². The fraction of sp³-hybridized carbons (Fsp3) is 0.533. The van der Waals surface area contributed by atoms with E-state index in [9.17, 15) is 9.18 Å². The van der Waals surface area contributed by atoms with Crippen molar-refractivity contribution >= 4 is 11.6 Å². The monoisotopic (exact) mass is 280 g/mol. The normalized spacial score (nSPS) is 22.8. The number of anilines is 1. The van der Waals surface area contributed by atoms with Crippen LogP contribution in [-0.4, -0.2) is 24.7 Å². The second-order valence-electron chi connectivity index (χ2n) is 5.58. The van der Waals surface area contributed by atoms with Gasteiger partial charge in [-0.1, -0.05) is 13.8 Å². The van der Waals surface area contributed by atoms with E-state index in [4.69, 9.17) is 10.5 Å². The zero-order chi connectivity index (χ0) is 14.7. The molecule has 0 spiro atoms. The van der Waals surface area contributed by atoms with Crippen molar-refractivity contribution < 1.29 is 13.9 Å². The van der Waals surface area contributed by atoms with E-state index >= 15 is 0 Å². The topological polar surface area (TPSA) is 64.3 Å². The van der Waals surface area contributed by atoms with Crippen LogP contribution in [-0.2, 0) is 4.74 Å². The molecule has 0 bridgehead atoms. The summed E-state index contributed by atoms with van der Waals surface area (Å²) in [5, 5.41) is 3.33. The third kappa shape index (κ3) is 3.48. The van der Waals surface area contributed by atoms with Gasteiger partial charge in [0.2, 0.25) is 0 Å². The zero-order valence-electron chi connectivity index (χ0n) is 11.9. The summed E-state index contributed by atoms with van der Waals surface area (Å²) in [6.07, 6.45) is 2.03. The predicted octanol–water partition coefficient (Wildman–Crippen LogP) is 2.54. The number of hydrogen-bond donors (Lipinski definition) is 2. The fourth-order valence-corrected chi connectivity index (χ4v) is 2.46. The minimum atomic E-state index is -0.752. The smallest absolute Gasteiger partial charge is 0.251 e. The van der Waals surface area contributed by atoms with E-state index in [0.717, 1.165) is 18.5 Å². The zero-order valence-corrected chi connectivity index (χ0v) is 11.9. The molecule has 1 aliphatic heterocycles. The van der Waals surface area contributed by atoms with Crippen LogP contribution in [0.1, 0.15) is 37.0 Å². The molecule has 1 aromatic carbocycles. The van der Waals surface area contributed by atoms with Gasteiger partial charge < -0.3 is 15.8 Å². The molecule has 2 atom stereocenters. The number of hydrogen-bond acceptors (Lipinski definition) is 3. The molecule has 1 aromatic rings. The Morgan fingerprint density at radius 3 is 2.90 bits per heavy atom. The highest BCUT2D eigenvalue weighted by molar-refractivity contribution is 5.94. The Morgan fingerprint density at radius 1 is 1.50 bits per heavy atom. The second-order valence-corrected chi connectivity index (χ2v) is 5.58. The maximum Gasteiger partial charge on any atom is 0.251 e. The average molecular weight is 280 g/mol. The fourth-order valence-electron chi connectivity index (χ4n) is 2.46. The molecule has 2 unspecified atom stereocenters. The average Bonchev–Trinajstić information content (AvgIpc) is 2.41. The first kappa shape index (κ1) is 14.8. The maximum atomic E-state index is 13.4. The third-order valence-electron chi connectivity index (χ3n) is 3.66. The highest BCUT2D eigenvalue weighted by Gasteiger charge is 2.25. The summed E-state index contributed by atoms with van der Waals surface area (Å²) in [6, 6.07) is 4.63. The lowest BCUT2D eigenvalue weighted by Crippen LogP contribution is -2.36. The van der Waals surface area contributed by atoms with E-state index in [1.807, 2.05) is 0 Å². The van der Waals surface area contributed by atoms with Crippen molar-refractivity contribution in [2.75, 3.05) is 11.9 Å². The van der Waals surface area contributed by atoms with Gasteiger partial charge >= 0.3 is 0 Å². The first-order valence-electron chi connectivity index (χ1n) is 6.95. The van der Waals surface area contributed by atoms with Crippen molar-refractivity contribution in [3.63, 3.8) is 0 Å². The number of amides is 1. The quantitative estimate of drug-likeness (QED) is 0.890. The summed E-state index contributed by atoms with van der Waals surface area (Å²) in [4.78, 5) is 11.1. The minimum Gasteiger partial charge on any atom is -0.382 e. The first-order chi connectivity index (χ1) is 9.47. The number of primary amides is 1. The molecule has 110 valence electrons. The molecular formula is C15H21FN2O2. The highest BCUT2D eigenvalue weighted by atomic mass is 19.1. The molecule has 1 aliphatic rings. The number of ether oxygens (including phenoxy) is 1. The van der Waals surface area contributed by atoms with E-state index in [1.54, 1.807) is 6.07 Å². The molecule has 0 aromatic heterocycles. The summed E-state index contributed by atoms with van der Waals surface area (Å²) in [5.74, 6) is -0.873. The van der Waals surface area contributed by atoms with Crippen LogP contribution < -0.4 is 11.1 Å². The SMILES string of the molecule is CC(C)C1CC(Nc2ccc(F)c(C(N)=O)c2)CCO1. The summed E-state index contributed by atoms with van der Waals surface area (Å²) in [7, 11) is 0. The van der Waals surface area contributed by atoms with Gasteiger partial charge in [0.05, 0.1) is 11.7 Å². The Labute approximate surface area is 118 Å². The Hall–Kier alpha value is -1.62. The van der Waals surface area contributed by atoms with E-state index in [-0.39, 0.29) is 17.7 Å². The van der Waals surface area contributed by atoms with E-state index in [2.05, 4.69) is 19.2 Å². The molecule has 1 saturated heterocycles. The maximum absolute atomic E-state index is 13.4. The van der Waals surface area contributed by atoms with Crippen molar-refractivity contribution in [1.82, 2.24) is 0 Å². The molecule has 1 fully saturated rings. The molecule has 0 aliphatic carbocycles. The molecule has 0 radical (unpaired) electrons. The number of rotatable bonds is 4. The van der Waals surface area contributed by atoms with Crippen LogP contribution in [0.2, 0.25) is 0 Å². The van der Waals surface area contributed by atoms with Gasteiger partial charge in [-0.15, -0.1) is 0 Å². The van der Waals surface area contributed by atoms with Crippen LogP contribution in [0, 0.1) is 11.7 Å². The van der Waals surface area contributed by atoms with Crippen molar-refractivity contribution in [2.45, 2.75) is 38.8 Å². The second kappa shape index (κ2) is 6.22. The number of carbonyl (C=O) groups is 1. The summed E-state index contributed by atoms with van der Waals surface area (Å²) < 4.78 is 19.1. The predicted molar refractivity (Wildman–Crippen MR) is 76.1 cm³/mol. The van der Waals surface area contributed by atoms with Crippen LogP contribution in [0.15, 0.2) is 18.2 Å². The standard InChI is InChI=1S/C15H21FN2O2/c1-9(2)14-8-11(5-6-20-14)18-10-3-4-13(16)12(7-10)15(17)19/h3-4,7,9,11,14,18H,5-6,8H2,1-2H3,(H2,17,19).